The highest BCUT2D eigenvalue weighted by Crippen LogP contribution is 2.26. The molecular formula is C12H13ClN4O. The van der Waals surface area contributed by atoms with E-state index in [2.05, 4.69) is 10.3 Å². The molecule has 18 heavy (non-hydrogen) atoms. The number of aromatic nitrogens is 3. The minimum atomic E-state index is -0.591. The molecule has 6 heteroatoms. The molecule has 0 bridgehead atoms. The summed E-state index contributed by atoms with van der Waals surface area (Å²) in [6.07, 6.45) is 0. The first-order valence-corrected chi connectivity index (χ1v) is 5.89. The molecule has 2 rings (SSSR count). The lowest BCUT2D eigenvalue weighted by molar-refractivity contribution is 0.0996. The average Bonchev–Trinajstić information content (AvgIpc) is 2.74. The fourth-order valence-corrected chi connectivity index (χ4v) is 1.82. The molecule has 0 spiro atoms. The number of rotatable bonds is 3. The van der Waals surface area contributed by atoms with E-state index < -0.39 is 5.91 Å². The van der Waals surface area contributed by atoms with E-state index >= 15 is 0 Å². The molecule has 0 aliphatic heterocycles. The second-order valence-corrected chi connectivity index (χ2v) is 4.63. The Hall–Kier alpha value is -1.88. The van der Waals surface area contributed by atoms with Gasteiger partial charge in [-0.2, -0.15) is 0 Å². The normalized spacial score (nSPS) is 10.9. The zero-order valence-corrected chi connectivity index (χ0v) is 10.8. The molecule has 0 saturated carbocycles. The van der Waals surface area contributed by atoms with Crippen LogP contribution in [0.3, 0.4) is 0 Å². The van der Waals surface area contributed by atoms with Gasteiger partial charge in [-0.05, 0) is 26.0 Å². The van der Waals surface area contributed by atoms with Crippen molar-refractivity contribution in [3.63, 3.8) is 0 Å². The van der Waals surface area contributed by atoms with Gasteiger partial charge < -0.3 is 5.73 Å². The van der Waals surface area contributed by atoms with Crippen molar-refractivity contribution in [3.05, 3.63) is 35.0 Å². The van der Waals surface area contributed by atoms with Crippen molar-refractivity contribution in [1.82, 2.24) is 15.0 Å². The zero-order valence-electron chi connectivity index (χ0n) is 10.1. The number of benzene rings is 1. The third kappa shape index (κ3) is 2.22. The molecule has 1 heterocycles. The summed E-state index contributed by atoms with van der Waals surface area (Å²) in [5.41, 5.74) is 6.92. The van der Waals surface area contributed by atoms with Crippen molar-refractivity contribution < 1.29 is 4.79 Å². The Labute approximate surface area is 110 Å². The van der Waals surface area contributed by atoms with E-state index in [4.69, 9.17) is 17.3 Å². The molecule has 0 aliphatic rings. The third-order valence-corrected chi connectivity index (χ3v) is 2.79. The number of nitrogens with two attached hydrogens (primary N) is 1. The van der Waals surface area contributed by atoms with Gasteiger partial charge in [-0.3, -0.25) is 4.79 Å². The first-order chi connectivity index (χ1) is 8.50. The standard InChI is InChI=1S/C12H13ClN4O/c1-7(2)17-11(10(12(14)18)15-16-17)8-3-5-9(13)6-4-8/h3-7H,1-2H3,(H2,14,18). The Morgan fingerprint density at radius 3 is 2.44 bits per heavy atom. The number of hydrogen-bond donors (Lipinski definition) is 1. The summed E-state index contributed by atoms with van der Waals surface area (Å²) in [6.45, 7) is 3.91. The Balaban J connectivity index is 2.63. The number of halogens is 1. The Kier molecular flexibility index (Phi) is 3.34. The van der Waals surface area contributed by atoms with E-state index in [1.165, 1.54) is 0 Å². The van der Waals surface area contributed by atoms with Gasteiger partial charge in [-0.25, -0.2) is 4.68 Å². The smallest absolute Gasteiger partial charge is 0.271 e. The first kappa shape index (κ1) is 12.6. The summed E-state index contributed by atoms with van der Waals surface area (Å²) in [5, 5.41) is 8.44. The molecular weight excluding hydrogens is 252 g/mol. The molecule has 0 saturated heterocycles. The van der Waals surface area contributed by atoms with Crippen LogP contribution in [0, 0.1) is 0 Å². The van der Waals surface area contributed by atoms with E-state index in [1.807, 2.05) is 26.0 Å². The van der Waals surface area contributed by atoms with Crippen molar-refractivity contribution >= 4 is 17.5 Å². The SMILES string of the molecule is CC(C)n1nnc(C(N)=O)c1-c1ccc(Cl)cc1. The summed E-state index contributed by atoms with van der Waals surface area (Å²) in [4.78, 5) is 11.4. The van der Waals surface area contributed by atoms with Crippen molar-refractivity contribution in [2.75, 3.05) is 0 Å². The lowest BCUT2D eigenvalue weighted by Crippen LogP contribution is -2.14. The molecule has 1 amide bonds. The molecule has 2 aromatic rings. The molecule has 0 radical (unpaired) electrons. The van der Waals surface area contributed by atoms with Gasteiger partial charge in [0.25, 0.3) is 5.91 Å². The number of primary amides is 1. The van der Waals surface area contributed by atoms with E-state index in [1.54, 1.807) is 16.8 Å². The molecule has 94 valence electrons. The van der Waals surface area contributed by atoms with Gasteiger partial charge in [0.2, 0.25) is 0 Å². The van der Waals surface area contributed by atoms with Crippen molar-refractivity contribution in [1.29, 1.82) is 0 Å². The van der Waals surface area contributed by atoms with Crippen LogP contribution in [0.2, 0.25) is 5.02 Å². The minimum absolute atomic E-state index is 0.0799. The highest BCUT2D eigenvalue weighted by atomic mass is 35.5. The molecule has 0 atom stereocenters. The Morgan fingerprint density at radius 1 is 1.33 bits per heavy atom. The van der Waals surface area contributed by atoms with Crippen molar-refractivity contribution in [2.45, 2.75) is 19.9 Å². The first-order valence-electron chi connectivity index (χ1n) is 5.51. The van der Waals surface area contributed by atoms with Gasteiger partial charge in [0.05, 0.1) is 0 Å². The van der Waals surface area contributed by atoms with Crippen LogP contribution in [0.5, 0.6) is 0 Å². The Morgan fingerprint density at radius 2 is 1.94 bits per heavy atom. The Bertz CT molecular complexity index is 574. The van der Waals surface area contributed by atoms with Gasteiger partial charge >= 0.3 is 0 Å². The summed E-state index contributed by atoms with van der Waals surface area (Å²) < 4.78 is 1.67. The second kappa shape index (κ2) is 4.78. The van der Waals surface area contributed by atoms with E-state index in [0.29, 0.717) is 10.7 Å². The van der Waals surface area contributed by atoms with Crippen LogP contribution in [0.1, 0.15) is 30.4 Å². The summed E-state index contributed by atoms with van der Waals surface area (Å²) >= 11 is 5.85. The van der Waals surface area contributed by atoms with Crippen molar-refractivity contribution in [3.8, 4) is 11.3 Å². The molecule has 0 fully saturated rings. The topological polar surface area (TPSA) is 73.8 Å². The maximum absolute atomic E-state index is 11.4. The molecule has 5 nitrogen and oxygen atoms in total. The minimum Gasteiger partial charge on any atom is -0.364 e. The van der Waals surface area contributed by atoms with Gasteiger partial charge in [0, 0.05) is 16.6 Å². The fourth-order valence-electron chi connectivity index (χ4n) is 1.70. The maximum Gasteiger partial charge on any atom is 0.271 e. The van der Waals surface area contributed by atoms with Crippen LogP contribution in [0.15, 0.2) is 24.3 Å². The zero-order chi connectivity index (χ0) is 13.3. The maximum atomic E-state index is 11.4. The van der Waals surface area contributed by atoms with Crippen LogP contribution in [-0.4, -0.2) is 20.9 Å². The second-order valence-electron chi connectivity index (χ2n) is 4.20. The fraction of sp³-hybridized carbons (Fsp3) is 0.250. The lowest BCUT2D eigenvalue weighted by atomic mass is 10.1. The van der Waals surface area contributed by atoms with Crippen LogP contribution in [-0.2, 0) is 0 Å². The van der Waals surface area contributed by atoms with Crippen LogP contribution in [0.25, 0.3) is 11.3 Å². The average molecular weight is 265 g/mol. The third-order valence-electron chi connectivity index (χ3n) is 2.53. The van der Waals surface area contributed by atoms with Crippen LogP contribution < -0.4 is 5.73 Å². The molecule has 0 unspecified atom stereocenters. The predicted molar refractivity (Wildman–Crippen MR) is 69.4 cm³/mol. The van der Waals surface area contributed by atoms with Crippen LogP contribution >= 0.6 is 11.6 Å². The number of amides is 1. The molecule has 1 aromatic carbocycles. The van der Waals surface area contributed by atoms with Gasteiger partial charge in [0.1, 0.15) is 5.69 Å². The van der Waals surface area contributed by atoms with Gasteiger partial charge in [-0.15, -0.1) is 5.10 Å². The highest BCUT2D eigenvalue weighted by Gasteiger charge is 2.20. The van der Waals surface area contributed by atoms with E-state index in [0.717, 1.165) is 5.56 Å². The number of carbonyl (C=O) groups excluding carboxylic acids is 1. The molecule has 0 aliphatic carbocycles. The summed E-state index contributed by atoms with van der Waals surface area (Å²) in [5.74, 6) is -0.591. The highest BCUT2D eigenvalue weighted by molar-refractivity contribution is 6.30. The van der Waals surface area contributed by atoms with E-state index in [-0.39, 0.29) is 11.7 Å². The number of carbonyl (C=O) groups is 1. The predicted octanol–water partition coefficient (Wildman–Crippen LogP) is 2.28. The van der Waals surface area contributed by atoms with Gasteiger partial charge in [-0.1, -0.05) is 28.9 Å². The monoisotopic (exact) mass is 264 g/mol. The van der Waals surface area contributed by atoms with E-state index in [9.17, 15) is 4.79 Å². The largest absolute Gasteiger partial charge is 0.364 e. The van der Waals surface area contributed by atoms with Crippen LogP contribution in [0.4, 0.5) is 0 Å². The van der Waals surface area contributed by atoms with Gasteiger partial charge in [0.15, 0.2) is 5.69 Å². The molecule has 2 N–H and O–H groups in total. The van der Waals surface area contributed by atoms with Crippen molar-refractivity contribution in [2.24, 2.45) is 5.73 Å². The lowest BCUT2D eigenvalue weighted by Gasteiger charge is -2.10. The summed E-state index contributed by atoms with van der Waals surface area (Å²) in [7, 11) is 0. The summed E-state index contributed by atoms with van der Waals surface area (Å²) in [6, 6.07) is 7.20. The quantitative estimate of drug-likeness (QED) is 0.924. The molecule has 1 aromatic heterocycles. The number of nitrogens with zero attached hydrogens (tertiary/aromatic N) is 3. The number of hydrogen-bond acceptors (Lipinski definition) is 3.